The molecule has 1 heterocycles. The topological polar surface area (TPSA) is 3.24 Å². The van der Waals surface area contributed by atoms with Gasteiger partial charge in [-0.1, -0.05) is 36.0 Å². The van der Waals surface area contributed by atoms with Crippen molar-refractivity contribution in [2.75, 3.05) is 4.90 Å². The highest BCUT2D eigenvalue weighted by Crippen LogP contribution is 2.47. The monoisotopic (exact) mass is 212 g/mol. The molecule has 3 rings (SSSR count). The molecule has 0 N–H and O–H groups in total. The molecule has 0 bridgehead atoms. The second-order valence-corrected chi connectivity index (χ2v) is 4.55. The molecule has 0 fully saturated rings. The first-order chi connectivity index (χ1) is 7.36. The first-order valence-corrected chi connectivity index (χ1v) is 5.64. The van der Waals surface area contributed by atoms with E-state index in [4.69, 9.17) is 0 Å². The van der Waals surface area contributed by atoms with Gasteiger partial charge in [0.2, 0.25) is 0 Å². The Hall–Kier alpha value is -1.41. The van der Waals surface area contributed by atoms with Crippen LogP contribution in [0.5, 0.6) is 0 Å². The van der Waals surface area contributed by atoms with Gasteiger partial charge in [0, 0.05) is 21.2 Å². The molecular weight excluding hydrogens is 202 g/mol. The number of benzene rings is 2. The molecule has 0 aromatic heterocycles. The van der Waals surface area contributed by atoms with E-state index in [1.165, 1.54) is 21.2 Å². The van der Waals surface area contributed by atoms with Crippen molar-refractivity contribution in [3.8, 4) is 0 Å². The Morgan fingerprint density at radius 3 is 1.80 bits per heavy atom. The molecule has 0 amide bonds. The molecule has 0 saturated carbocycles. The number of fused-ring (bicyclic) bond motifs is 2. The smallest absolute Gasteiger partial charge is 0.0334 e. The molecule has 2 aromatic rings. The zero-order valence-corrected chi connectivity index (χ0v) is 9.00. The Morgan fingerprint density at radius 1 is 0.800 bits per heavy atom. The van der Waals surface area contributed by atoms with Crippen LogP contribution in [-0.2, 0) is 0 Å². The molecule has 0 unspecified atom stereocenters. The van der Waals surface area contributed by atoms with Crippen molar-refractivity contribution < 1.29 is 0 Å². The SMILES string of the molecule is [CH2-]N1c2ccccc2Sc2ccccc21. The summed E-state index contributed by atoms with van der Waals surface area (Å²) in [4.78, 5) is 4.54. The van der Waals surface area contributed by atoms with Gasteiger partial charge in [0.1, 0.15) is 0 Å². The minimum Gasteiger partial charge on any atom is -0.495 e. The van der Waals surface area contributed by atoms with E-state index in [1.54, 1.807) is 11.8 Å². The third-order valence-electron chi connectivity index (χ3n) is 2.53. The highest BCUT2D eigenvalue weighted by atomic mass is 32.2. The molecule has 1 aliphatic rings. The highest BCUT2D eigenvalue weighted by molar-refractivity contribution is 7.99. The van der Waals surface area contributed by atoms with Crippen LogP contribution in [0.1, 0.15) is 0 Å². The van der Waals surface area contributed by atoms with E-state index >= 15 is 0 Å². The van der Waals surface area contributed by atoms with E-state index in [-0.39, 0.29) is 0 Å². The predicted octanol–water partition coefficient (Wildman–Crippen LogP) is 4.08. The van der Waals surface area contributed by atoms with E-state index in [9.17, 15) is 0 Å². The normalized spacial score (nSPS) is 13.3. The van der Waals surface area contributed by atoms with E-state index in [2.05, 4.69) is 43.4 Å². The van der Waals surface area contributed by atoms with E-state index < -0.39 is 0 Å². The minimum absolute atomic E-state index is 1.18. The largest absolute Gasteiger partial charge is 0.495 e. The molecule has 0 spiro atoms. The molecule has 0 aliphatic carbocycles. The third kappa shape index (κ3) is 1.33. The third-order valence-corrected chi connectivity index (χ3v) is 3.66. The van der Waals surface area contributed by atoms with Gasteiger partial charge in [-0.2, -0.15) is 0 Å². The zero-order valence-electron chi connectivity index (χ0n) is 8.18. The summed E-state index contributed by atoms with van der Waals surface area (Å²) >= 11 is 1.80. The Kier molecular flexibility index (Phi) is 1.96. The van der Waals surface area contributed by atoms with Crippen molar-refractivity contribution in [1.82, 2.24) is 0 Å². The van der Waals surface area contributed by atoms with Gasteiger partial charge in [-0.15, -0.1) is 0 Å². The van der Waals surface area contributed by atoms with Crippen molar-refractivity contribution >= 4 is 23.1 Å². The van der Waals surface area contributed by atoms with Gasteiger partial charge in [0.05, 0.1) is 0 Å². The number of nitrogens with zero attached hydrogens (tertiary/aromatic N) is 1. The quantitative estimate of drug-likeness (QED) is 0.605. The second kappa shape index (κ2) is 3.31. The van der Waals surface area contributed by atoms with Crippen LogP contribution in [0, 0.1) is 7.05 Å². The van der Waals surface area contributed by atoms with Crippen LogP contribution in [0.2, 0.25) is 0 Å². The van der Waals surface area contributed by atoms with Crippen LogP contribution in [0.25, 0.3) is 0 Å². The molecule has 0 atom stereocenters. The van der Waals surface area contributed by atoms with Crippen molar-refractivity contribution in [1.29, 1.82) is 0 Å². The Balaban J connectivity index is 2.20. The van der Waals surface area contributed by atoms with Gasteiger partial charge in [-0.3, -0.25) is 7.05 Å². The number of anilines is 2. The Morgan fingerprint density at radius 2 is 1.27 bits per heavy atom. The molecular formula is C13H10NS-. The molecule has 0 radical (unpaired) electrons. The Bertz CT molecular complexity index is 462. The molecule has 15 heavy (non-hydrogen) atoms. The summed E-state index contributed by atoms with van der Waals surface area (Å²) in [5.41, 5.74) is 2.36. The fourth-order valence-corrected chi connectivity index (χ4v) is 2.88. The first kappa shape index (κ1) is 8.86. The van der Waals surface area contributed by atoms with Crippen LogP contribution in [0.4, 0.5) is 11.4 Å². The lowest BCUT2D eigenvalue weighted by Gasteiger charge is -2.35. The fraction of sp³-hybridized carbons (Fsp3) is 0. The van der Waals surface area contributed by atoms with E-state index in [0.717, 1.165) is 0 Å². The minimum atomic E-state index is 1.18. The number of hydrogen-bond donors (Lipinski definition) is 0. The molecule has 2 aromatic carbocycles. The summed E-state index contributed by atoms with van der Waals surface area (Å²) in [7, 11) is 4.10. The molecule has 1 nitrogen and oxygen atoms in total. The number of para-hydroxylation sites is 2. The van der Waals surface area contributed by atoms with Gasteiger partial charge in [0.15, 0.2) is 0 Å². The zero-order chi connectivity index (χ0) is 10.3. The standard InChI is InChI=1S/C13H10NS/c1-14-10-6-2-4-8-12(10)15-13-9-5-3-7-11(13)14/h2-9H,1H2/q-1. The predicted molar refractivity (Wildman–Crippen MR) is 64.5 cm³/mol. The first-order valence-electron chi connectivity index (χ1n) is 4.83. The van der Waals surface area contributed by atoms with E-state index in [0.29, 0.717) is 0 Å². The highest BCUT2D eigenvalue weighted by Gasteiger charge is 2.15. The maximum absolute atomic E-state index is 4.10. The van der Waals surface area contributed by atoms with Gasteiger partial charge in [-0.25, -0.2) is 0 Å². The molecule has 74 valence electrons. The van der Waals surface area contributed by atoms with Crippen molar-refractivity contribution in [3.05, 3.63) is 55.6 Å². The van der Waals surface area contributed by atoms with Crippen molar-refractivity contribution in [3.63, 3.8) is 0 Å². The van der Waals surface area contributed by atoms with Crippen molar-refractivity contribution in [2.45, 2.75) is 9.79 Å². The van der Waals surface area contributed by atoms with Crippen LogP contribution < -0.4 is 4.90 Å². The second-order valence-electron chi connectivity index (χ2n) is 3.47. The maximum atomic E-state index is 4.10. The van der Waals surface area contributed by atoms with Crippen LogP contribution in [-0.4, -0.2) is 0 Å². The lowest BCUT2D eigenvalue weighted by atomic mass is 10.2. The fourth-order valence-electron chi connectivity index (χ4n) is 1.78. The lowest BCUT2D eigenvalue weighted by molar-refractivity contribution is 1.16. The summed E-state index contributed by atoms with van der Waals surface area (Å²) in [5, 5.41) is 0. The van der Waals surface area contributed by atoms with Gasteiger partial charge in [-0.05, 0) is 24.3 Å². The molecule has 0 saturated heterocycles. The molecule has 1 aliphatic heterocycles. The van der Waals surface area contributed by atoms with Crippen LogP contribution in [0.3, 0.4) is 0 Å². The van der Waals surface area contributed by atoms with Gasteiger partial charge < -0.3 is 4.90 Å². The van der Waals surface area contributed by atoms with Crippen LogP contribution in [0.15, 0.2) is 58.3 Å². The maximum Gasteiger partial charge on any atom is 0.0334 e. The summed E-state index contributed by atoms with van der Waals surface area (Å²) in [5.74, 6) is 0. The van der Waals surface area contributed by atoms with E-state index in [1.807, 2.05) is 17.0 Å². The average molecular weight is 212 g/mol. The number of rotatable bonds is 0. The van der Waals surface area contributed by atoms with Gasteiger partial charge in [0.25, 0.3) is 0 Å². The molecule has 2 heteroatoms. The summed E-state index contributed by atoms with van der Waals surface area (Å²) in [6.07, 6.45) is 0. The van der Waals surface area contributed by atoms with Crippen LogP contribution >= 0.6 is 11.8 Å². The summed E-state index contributed by atoms with van der Waals surface area (Å²) in [6.45, 7) is 0. The lowest BCUT2D eigenvalue weighted by Crippen LogP contribution is -2.11. The number of hydrogen-bond acceptors (Lipinski definition) is 2. The Labute approximate surface area is 93.7 Å². The average Bonchev–Trinajstić information content (AvgIpc) is 2.30. The summed E-state index contributed by atoms with van der Waals surface area (Å²) in [6, 6.07) is 16.7. The van der Waals surface area contributed by atoms with Crippen molar-refractivity contribution in [2.24, 2.45) is 0 Å². The summed E-state index contributed by atoms with van der Waals surface area (Å²) < 4.78 is 0. The van der Waals surface area contributed by atoms with Gasteiger partial charge >= 0.3 is 0 Å².